The zero-order valence-electron chi connectivity index (χ0n) is 13.8. The van der Waals surface area contributed by atoms with Gasteiger partial charge < -0.3 is 9.47 Å². The second-order valence-corrected chi connectivity index (χ2v) is 5.90. The highest BCUT2D eigenvalue weighted by molar-refractivity contribution is 5.66. The summed E-state index contributed by atoms with van der Waals surface area (Å²) >= 11 is 0. The van der Waals surface area contributed by atoms with Crippen molar-refractivity contribution in [2.75, 3.05) is 7.05 Å². The van der Waals surface area contributed by atoms with Crippen molar-refractivity contribution >= 4 is 18.2 Å². The topological polar surface area (TPSA) is 34.0 Å². The first-order valence-electron chi connectivity index (χ1n) is 7.86. The van der Waals surface area contributed by atoms with Gasteiger partial charge in [0.2, 0.25) is 0 Å². The number of likely N-dealkylation sites (N-methyl/N-ethyl adjacent to an activating group) is 1. The Hall–Kier alpha value is -2.62. The molecule has 4 nitrogen and oxygen atoms in total. The predicted octanol–water partition coefficient (Wildman–Crippen LogP) is 3.61. The van der Waals surface area contributed by atoms with E-state index in [9.17, 15) is 0 Å². The van der Waals surface area contributed by atoms with E-state index >= 15 is 0 Å². The summed E-state index contributed by atoms with van der Waals surface area (Å²) in [5.74, 6) is 0. The van der Waals surface area contributed by atoms with Crippen molar-refractivity contribution in [2.24, 2.45) is 7.05 Å². The molecule has 0 radical (unpaired) electrons. The molecule has 0 saturated heterocycles. The van der Waals surface area contributed by atoms with E-state index in [-0.39, 0.29) is 0 Å². The summed E-state index contributed by atoms with van der Waals surface area (Å²) in [4.78, 5) is 11.2. The first-order chi connectivity index (χ1) is 11.1. The van der Waals surface area contributed by atoms with Crippen LogP contribution in [0.25, 0.3) is 18.2 Å². The summed E-state index contributed by atoms with van der Waals surface area (Å²) in [6.45, 7) is 2.23. The number of allylic oxidation sites excluding steroid dienone is 1. The van der Waals surface area contributed by atoms with Gasteiger partial charge in [0.25, 0.3) is 0 Å². The molecular formula is C19H22N4. The van der Waals surface area contributed by atoms with Gasteiger partial charge in [0.1, 0.15) is 0 Å². The number of hydrogen-bond donors (Lipinski definition) is 0. The van der Waals surface area contributed by atoms with Gasteiger partial charge in [0.15, 0.2) is 0 Å². The quantitative estimate of drug-likeness (QED) is 0.865. The molecule has 0 N–H and O–H groups in total. The number of rotatable bonds is 4. The molecule has 23 heavy (non-hydrogen) atoms. The number of aromatic nitrogens is 3. The minimum atomic E-state index is 0.575. The normalized spacial score (nSPS) is 18.3. The summed E-state index contributed by atoms with van der Waals surface area (Å²) in [5.41, 5.74) is 4.11. The highest BCUT2D eigenvalue weighted by atomic mass is 15.1. The molecule has 0 aliphatic carbocycles. The van der Waals surface area contributed by atoms with Crippen molar-refractivity contribution in [3.05, 3.63) is 65.7 Å². The van der Waals surface area contributed by atoms with E-state index in [0.717, 1.165) is 23.5 Å². The third-order valence-electron chi connectivity index (χ3n) is 4.26. The van der Waals surface area contributed by atoms with Gasteiger partial charge in [-0.1, -0.05) is 6.08 Å². The van der Waals surface area contributed by atoms with Crippen LogP contribution in [0.15, 0.2) is 48.6 Å². The molecule has 0 amide bonds. The van der Waals surface area contributed by atoms with Gasteiger partial charge in [0.05, 0.1) is 23.8 Å². The predicted molar refractivity (Wildman–Crippen MR) is 95.3 cm³/mol. The fraction of sp³-hybridized carbons (Fsp3) is 0.263. The summed E-state index contributed by atoms with van der Waals surface area (Å²) in [6.07, 6.45) is 17.1. The minimum absolute atomic E-state index is 0.575. The van der Waals surface area contributed by atoms with Gasteiger partial charge in [-0.3, -0.25) is 9.97 Å². The van der Waals surface area contributed by atoms with Crippen molar-refractivity contribution in [2.45, 2.75) is 19.4 Å². The molecule has 2 aromatic heterocycles. The maximum absolute atomic E-state index is 4.45. The Kier molecular flexibility index (Phi) is 4.42. The second kappa shape index (κ2) is 6.65. The third kappa shape index (κ3) is 3.59. The Bertz CT molecular complexity index is 750. The van der Waals surface area contributed by atoms with E-state index in [1.807, 2.05) is 37.5 Å². The molecule has 0 bridgehead atoms. The lowest BCUT2D eigenvalue weighted by atomic mass is 10.3. The molecule has 2 aromatic rings. The highest BCUT2D eigenvalue weighted by Crippen LogP contribution is 2.20. The first-order valence-corrected chi connectivity index (χ1v) is 7.86. The van der Waals surface area contributed by atoms with Gasteiger partial charge >= 0.3 is 0 Å². The van der Waals surface area contributed by atoms with Gasteiger partial charge in [-0.2, -0.15) is 0 Å². The van der Waals surface area contributed by atoms with Crippen molar-refractivity contribution in [1.82, 2.24) is 19.4 Å². The molecule has 3 rings (SSSR count). The fourth-order valence-corrected chi connectivity index (χ4v) is 2.54. The molecule has 118 valence electrons. The summed E-state index contributed by atoms with van der Waals surface area (Å²) in [5, 5.41) is 0. The molecule has 3 heterocycles. The SMILES string of the molecule is CC1CC=C(C=Cc2cnc(C=Cc3cccn3C)cn2)N1C. The standard InChI is InChI=1S/C19H22N4/c1-15-6-9-19(23(15)3)11-8-17-14-20-16(13-21-17)7-10-18-5-4-12-22(18)2/h4-5,7-15H,6H2,1-3H3. The monoisotopic (exact) mass is 306 g/mol. The number of nitrogens with zero attached hydrogens (tertiary/aromatic N) is 4. The van der Waals surface area contributed by atoms with Crippen molar-refractivity contribution in [1.29, 1.82) is 0 Å². The Morgan fingerprint density at radius 2 is 1.74 bits per heavy atom. The van der Waals surface area contributed by atoms with Crippen LogP contribution in [0.2, 0.25) is 0 Å². The summed E-state index contributed by atoms with van der Waals surface area (Å²) in [6, 6.07) is 4.66. The molecule has 1 atom stereocenters. The average Bonchev–Trinajstić information content (AvgIpc) is 3.11. The van der Waals surface area contributed by atoms with E-state index in [4.69, 9.17) is 0 Å². The number of aryl methyl sites for hydroxylation is 1. The maximum Gasteiger partial charge on any atom is 0.0814 e. The van der Waals surface area contributed by atoms with Crippen LogP contribution in [0.4, 0.5) is 0 Å². The number of hydrogen-bond acceptors (Lipinski definition) is 3. The Labute approximate surface area is 137 Å². The molecule has 1 aliphatic heterocycles. The lowest BCUT2D eigenvalue weighted by molar-refractivity contribution is 0.365. The molecule has 0 aromatic carbocycles. The zero-order chi connectivity index (χ0) is 16.2. The Morgan fingerprint density at radius 1 is 1.04 bits per heavy atom. The lowest BCUT2D eigenvalue weighted by Gasteiger charge is -2.19. The van der Waals surface area contributed by atoms with Gasteiger partial charge in [-0.15, -0.1) is 0 Å². The van der Waals surface area contributed by atoms with Crippen LogP contribution in [0.1, 0.15) is 30.4 Å². The second-order valence-electron chi connectivity index (χ2n) is 5.90. The summed E-state index contributed by atoms with van der Waals surface area (Å²) < 4.78 is 2.06. The van der Waals surface area contributed by atoms with Crippen LogP contribution in [0.3, 0.4) is 0 Å². The van der Waals surface area contributed by atoms with Crippen LogP contribution in [0, 0.1) is 0 Å². The largest absolute Gasteiger partial charge is 0.372 e. The summed E-state index contributed by atoms with van der Waals surface area (Å²) in [7, 11) is 4.14. The minimum Gasteiger partial charge on any atom is -0.372 e. The zero-order valence-corrected chi connectivity index (χ0v) is 13.8. The van der Waals surface area contributed by atoms with Crippen LogP contribution in [-0.4, -0.2) is 32.5 Å². The van der Waals surface area contributed by atoms with Gasteiger partial charge in [-0.25, -0.2) is 0 Å². The molecule has 0 fully saturated rings. The Morgan fingerprint density at radius 3 is 2.26 bits per heavy atom. The molecule has 0 saturated carbocycles. The fourth-order valence-electron chi connectivity index (χ4n) is 2.54. The molecule has 1 aliphatic rings. The first kappa shape index (κ1) is 15.3. The highest BCUT2D eigenvalue weighted by Gasteiger charge is 2.15. The molecule has 1 unspecified atom stereocenters. The van der Waals surface area contributed by atoms with Gasteiger partial charge in [0, 0.05) is 37.7 Å². The van der Waals surface area contributed by atoms with E-state index in [1.54, 1.807) is 12.4 Å². The van der Waals surface area contributed by atoms with Crippen molar-refractivity contribution in [3.63, 3.8) is 0 Å². The van der Waals surface area contributed by atoms with Crippen LogP contribution in [-0.2, 0) is 7.05 Å². The van der Waals surface area contributed by atoms with Crippen LogP contribution in [0.5, 0.6) is 0 Å². The average molecular weight is 306 g/mol. The maximum atomic E-state index is 4.45. The van der Waals surface area contributed by atoms with Crippen LogP contribution >= 0.6 is 0 Å². The van der Waals surface area contributed by atoms with E-state index in [2.05, 4.69) is 51.6 Å². The Balaban J connectivity index is 1.66. The van der Waals surface area contributed by atoms with Crippen molar-refractivity contribution < 1.29 is 0 Å². The molecular weight excluding hydrogens is 284 g/mol. The third-order valence-corrected chi connectivity index (χ3v) is 4.26. The van der Waals surface area contributed by atoms with Crippen LogP contribution < -0.4 is 0 Å². The smallest absolute Gasteiger partial charge is 0.0814 e. The van der Waals surface area contributed by atoms with Crippen molar-refractivity contribution in [3.8, 4) is 0 Å². The molecule has 4 heteroatoms. The van der Waals surface area contributed by atoms with E-state index in [0.29, 0.717) is 6.04 Å². The van der Waals surface area contributed by atoms with E-state index < -0.39 is 0 Å². The lowest BCUT2D eigenvalue weighted by Crippen LogP contribution is -2.21. The van der Waals surface area contributed by atoms with Gasteiger partial charge in [-0.05, 0) is 49.8 Å². The molecule has 0 spiro atoms. The van der Waals surface area contributed by atoms with E-state index in [1.165, 1.54) is 5.70 Å².